The number of hydrogen-bond donors (Lipinski definition) is 2. The minimum Gasteiger partial charge on any atom is -0.357 e. The second-order valence-corrected chi connectivity index (χ2v) is 6.25. The van der Waals surface area contributed by atoms with Gasteiger partial charge in [0.05, 0.1) is 13.1 Å². The second-order valence-electron chi connectivity index (χ2n) is 5.10. The molecule has 0 aliphatic carbocycles. The van der Waals surface area contributed by atoms with E-state index in [9.17, 15) is 13.2 Å². The van der Waals surface area contributed by atoms with E-state index in [4.69, 9.17) is 0 Å². The van der Waals surface area contributed by atoms with E-state index in [2.05, 4.69) is 22.2 Å². The molecule has 2 N–H and O–H groups in total. The van der Waals surface area contributed by atoms with Crippen LogP contribution in [0.2, 0.25) is 0 Å². The number of rotatable bonds is 8. The SMILES string of the molecule is C=CCSCCN=C(NCC)NC1CCN(CC(F)(F)F)C1.I. The molecule has 1 fully saturated rings. The van der Waals surface area contributed by atoms with Crippen molar-refractivity contribution in [2.75, 3.05) is 44.2 Å². The molecule has 0 radical (unpaired) electrons. The molecule has 0 aromatic carbocycles. The van der Waals surface area contributed by atoms with Gasteiger partial charge in [-0.1, -0.05) is 6.08 Å². The molecule has 0 saturated carbocycles. The molecule has 1 saturated heterocycles. The Balaban J connectivity index is 0.00000484. The lowest BCUT2D eigenvalue weighted by atomic mass is 10.3. The quantitative estimate of drug-likeness (QED) is 0.190. The summed E-state index contributed by atoms with van der Waals surface area (Å²) < 4.78 is 37.1. The van der Waals surface area contributed by atoms with Gasteiger partial charge in [-0.2, -0.15) is 24.9 Å². The Morgan fingerprint density at radius 1 is 1.48 bits per heavy atom. The lowest BCUT2D eigenvalue weighted by Crippen LogP contribution is -2.45. The van der Waals surface area contributed by atoms with Crippen LogP contribution in [0, 0.1) is 0 Å². The fourth-order valence-electron chi connectivity index (χ4n) is 2.25. The highest BCUT2D eigenvalue weighted by Gasteiger charge is 2.34. The first-order chi connectivity index (χ1) is 10.4. The van der Waals surface area contributed by atoms with Gasteiger partial charge in [0.2, 0.25) is 0 Å². The zero-order valence-electron chi connectivity index (χ0n) is 13.4. The monoisotopic (exact) mass is 466 g/mol. The minimum atomic E-state index is -4.13. The van der Waals surface area contributed by atoms with E-state index in [0.29, 0.717) is 32.0 Å². The highest BCUT2D eigenvalue weighted by molar-refractivity contribution is 14.0. The van der Waals surface area contributed by atoms with Gasteiger partial charge in [0, 0.05) is 37.2 Å². The van der Waals surface area contributed by atoms with Crippen molar-refractivity contribution in [3.05, 3.63) is 12.7 Å². The molecule has 1 aliphatic rings. The van der Waals surface area contributed by atoms with Crippen molar-refractivity contribution in [3.63, 3.8) is 0 Å². The summed E-state index contributed by atoms with van der Waals surface area (Å²) in [6.45, 7) is 7.05. The van der Waals surface area contributed by atoms with Crippen molar-refractivity contribution >= 4 is 41.7 Å². The Kier molecular flexibility index (Phi) is 12.2. The van der Waals surface area contributed by atoms with E-state index in [-0.39, 0.29) is 30.0 Å². The molecule has 0 aromatic heterocycles. The highest BCUT2D eigenvalue weighted by Crippen LogP contribution is 2.19. The lowest BCUT2D eigenvalue weighted by Gasteiger charge is -2.19. The molecule has 0 bridgehead atoms. The smallest absolute Gasteiger partial charge is 0.357 e. The van der Waals surface area contributed by atoms with E-state index in [1.165, 1.54) is 4.90 Å². The zero-order valence-corrected chi connectivity index (χ0v) is 16.5. The lowest BCUT2D eigenvalue weighted by molar-refractivity contribution is -0.143. The van der Waals surface area contributed by atoms with Crippen molar-refractivity contribution in [1.82, 2.24) is 15.5 Å². The van der Waals surface area contributed by atoms with Crippen molar-refractivity contribution in [1.29, 1.82) is 0 Å². The number of alkyl halides is 3. The molecule has 136 valence electrons. The number of aliphatic imine (C=N–C) groups is 1. The summed E-state index contributed by atoms with van der Waals surface area (Å²) in [6, 6.07) is 0.0148. The maximum absolute atomic E-state index is 12.4. The Hall–Kier alpha value is -0.160. The van der Waals surface area contributed by atoms with Gasteiger partial charge in [-0.15, -0.1) is 30.6 Å². The average molecular weight is 466 g/mol. The third kappa shape index (κ3) is 11.1. The van der Waals surface area contributed by atoms with Crippen LogP contribution in [0.5, 0.6) is 0 Å². The summed E-state index contributed by atoms with van der Waals surface area (Å²) in [5.74, 6) is 2.47. The summed E-state index contributed by atoms with van der Waals surface area (Å²) in [5.41, 5.74) is 0. The number of nitrogens with one attached hydrogen (secondary N) is 2. The van der Waals surface area contributed by atoms with E-state index < -0.39 is 12.7 Å². The number of halogens is 4. The highest BCUT2D eigenvalue weighted by atomic mass is 127. The van der Waals surface area contributed by atoms with E-state index in [0.717, 1.165) is 18.1 Å². The minimum absolute atomic E-state index is 0. The van der Waals surface area contributed by atoms with Crippen LogP contribution < -0.4 is 10.6 Å². The van der Waals surface area contributed by atoms with Gasteiger partial charge in [0.1, 0.15) is 0 Å². The van der Waals surface area contributed by atoms with Crippen LogP contribution in [0.1, 0.15) is 13.3 Å². The Bertz CT molecular complexity index is 366. The summed E-state index contributed by atoms with van der Waals surface area (Å²) in [5, 5.41) is 6.36. The first-order valence-electron chi connectivity index (χ1n) is 7.47. The van der Waals surface area contributed by atoms with Crippen LogP contribution in [-0.4, -0.2) is 67.3 Å². The molecule has 0 aromatic rings. The number of thioether (sulfide) groups is 1. The van der Waals surface area contributed by atoms with Crippen LogP contribution in [0.3, 0.4) is 0 Å². The molecule has 0 amide bonds. The van der Waals surface area contributed by atoms with Crippen molar-refractivity contribution in [2.45, 2.75) is 25.6 Å². The Labute approximate surface area is 157 Å². The van der Waals surface area contributed by atoms with Crippen LogP contribution in [0.4, 0.5) is 13.2 Å². The summed E-state index contributed by atoms with van der Waals surface area (Å²) >= 11 is 1.75. The van der Waals surface area contributed by atoms with E-state index in [1.807, 2.05) is 13.0 Å². The van der Waals surface area contributed by atoms with Crippen LogP contribution in [-0.2, 0) is 0 Å². The topological polar surface area (TPSA) is 39.7 Å². The molecule has 1 rings (SSSR count). The van der Waals surface area contributed by atoms with Crippen molar-refractivity contribution in [2.24, 2.45) is 4.99 Å². The predicted molar refractivity (Wildman–Crippen MR) is 103 cm³/mol. The Morgan fingerprint density at radius 3 is 2.83 bits per heavy atom. The standard InChI is InChI=1S/C14H25F3N4S.HI/c1-3-8-22-9-6-19-13(18-4-2)20-12-5-7-21(10-12)11-14(15,16)17;/h3,12H,1,4-11H2,2H3,(H2,18,19,20);1H. The molecule has 0 spiro atoms. The first-order valence-corrected chi connectivity index (χ1v) is 8.62. The molecule has 1 atom stereocenters. The number of nitrogens with zero attached hydrogens (tertiary/aromatic N) is 2. The molecular weight excluding hydrogens is 440 g/mol. The van der Waals surface area contributed by atoms with Gasteiger partial charge in [-0.05, 0) is 13.3 Å². The average Bonchev–Trinajstić information content (AvgIpc) is 2.83. The van der Waals surface area contributed by atoms with Gasteiger partial charge in [-0.25, -0.2) is 0 Å². The molecule has 1 unspecified atom stereocenters. The van der Waals surface area contributed by atoms with E-state index >= 15 is 0 Å². The third-order valence-electron chi connectivity index (χ3n) is 3.10. The largest absolute Gasteiger partial charge is 0.401 e. The van der Waals surface area contributed by atoms with Gasteiger partial charge < -0.3 is 10.6 Å². The van der Waals surface area contributed by atoms with Crippen molar-refractivity contribution < 1.29 is 13.2 Å². The predicted octanol–water partition coefficient (Wildman–Crippen LogP) is 2.72. The fraction of sp³-hybridized carbons (Fsp3) is 0.786. The van der Waals surface area contributed by atoms with Gasteiger partial charge in [0.15, 0.2) is 5.96 Å². The molecule has 4 nitrogen and oxygen atoms in total. The van der Waals surface area contributed by atoms with E-state index in [1.54, 1.807) is 11.8 Å². The molecule has 23 heavy (non-hydrogen) atoms. The zero-order chi connectivity index (χ0) is 16.4. The van der Waals surface area contributed by atoms with Crippen molar-refractivity contribution in [3.8, 4) is 0 Å². The number of likely N-dealkylation sites (tertiary alicyclic amines) is 1. The van der Waals surface area contributed by atoms with Crippen LogP contribution in [0.25, 0.3) is 0 Å². The Morgan fingerprint density at radius 2 is 2.22 bits per heavy atom. The fourth-order valence-corrected chi connectivity index (χ4v) is 2.80. The molecular formula is C14H26F3IN4S. The molecule has 1 heterocycles. The summed E-state index contributed by atoms with van der Waals surface area (Å²) in [6.07, 6.45) is -1.58. The number of hydrogen-bond acceptors (Lipinski definition) is 3. The summed E-state index contributed by atoms with van der Waals surface area (Å²) in [7, 11) is 0. The number of guanidine groups is 1. The van der Waals surface area contributed by atoms with Gasteiger partial charge >= 0.3 is 6.18 Å². The van der Waals surface area contributed by atoms with Crippen LogP contribution >= 0.6 is 35.7 Å². The maximum atomic E-state index is 12.4. The summed E-state index contributed by atoms with van der Waals surface area (Å²) in [4.78, 5) is 5.88. The van der Waals surface area contributed by atoms with Gasteiger partial charge in [0.25, 0.3) is 0 Å². The normalized spacial score (nSPS) is 19.3. The molecule has 9 heteroatoms. The van der Waals surface area contributed by atoms with Crippen LogP contribution in [0.15, 0.2) is 17.6 Å². The first kappa shape index (κ1) is 22.8. The second kappa shape index (κ2) is 12.2. The van der Waals surface area contributed by atoms with Gasteiger partial charge in [-0.3, -0.25) is 9.89 Å². The third-order valence-corrected chi connectivity index (χ3v) is 4.04. The molecule has 1 aliphatic heterocycles. The maximum Gasteiger partial charge on any atom is 0.401 e.